The predicted octanol–water partition coefficient (Wildman–Crippen LogP) is 0.372. The number of rotatable bonds is 0. The molecule has 0 aromatic carbocycles. The van der Waals surface area contributed by atoms with Gasteiger partial charge in [-0.1, -0.05) is 0 Å². The molecule has 0 saturated carbocycles. The van der Waals surface area contributed by atoms with Crippen molar-refractivity contribution in [3.8, 4) is 0 Å². The van der Waals surface area contributed by atoms with E-state index in [1.165, 1.54) is 0 Å². The topological polar surface area (TPSA) is 83.5 Å². The number of nitrogens with one attached hydrogen (secondary N) is 2. The van der Waals surface area contributed by atoms with E-state index in [4.69, 9.17) is 10.2 Å². The summed E-state index contributed by atoms with van der Waals surface area (Å²) in [5, 5.41) is 6.14. The molecule has 0 radical (unpaired) electrons. The number of likely N-dealkylation sites (N-methyl/N-ethyl adjacent to an activating group) is 1. The SMILES string of the molecule is CN1c2coc(N)c2NC(=O)C12CCNCC2. The summed E-state index contributed by atoms with van der Waals surface area (Å²) in [5.74, 6) is 0.283. The molecule has 1 fully saturated rings. The Morgan fingerprint density at radius 2 is 2.18 bits per heavy atom. The molecule has 6 nitrogen and oxygen atoms in total. The molecule has 1 aromatic heterocycles. The molecular weight excluding hydrogens is 220 g/mol. The minimum atomic E-state index is -0.464. The monoisotopic (exact) mass is 236 g/mol. The fraction of sp³-hybridized carbons (Fsp3) is 0.545. The molecule has 3 heterocycles. The van der Waals surface area contributed by atoms with Gasteiger partial charge in [0.2, 0.25) is 5.88 Å². The number of furan rings is 1. The lowest BCUT2D eigenvalue weighted by Gasteiger charge is -2.46. The van der Waals surface area contributed by atoms with Crippen molar-refractivity contribution in [3.63, 3.8) is 0 Å². The van der Waals surface area contributed by atoms with Gasteiger partial charge in [-0.15, -0.1) is 0 Å². The highest BCUT2D eigenvalue weighted by Crippen LogP contribution is 2.43. The number of fused-ring (bicyclic) bond motifs is 1. The lowest BCUT2D eigenvalue weighted by Crippen LogP contribution is -2.62. The Labute approximate surface area is 99.1 Å². The highest BCUT2D eigenvalue weighted by atomic mass is 16.3. The average Bonchev–Trinajstić information content (AvgIpc) is 2.70. The first-order valence-electron chi connectivity index (χ1n) is 5.78. The van der Waals surface area contributed by atoms with Crippen molar-refractivity contribution in [2.45, 2.75) is 18.4 Å². The van der Waals surface area contributed by atoms with Crippen molar-refractivity contribution in [2.75, 3.05) is 36.1 Å². The zero-order chi connectivity index (χ0) is 12.0. The molecular formula is C11H16N4O2. The number of hydrogen-bond acceptors (Lipinski definition) is 5. The summed E-state index contributed by atoms with van der Waals surface area (Å²) in [4.78, 5) is 14.3. The number of carbonyl (C=O) groups excluding carboxylic acids is 1. The van der Waals surface area contributed by atoms with E-state index in [2.05, 4.69) is 10.6 Å². The van der Waals surface area contributed by atoms with Crippen molar-refractivity contribution >= 4 is 23.2 Å². The second-order valence-corrected chi connectivity index (χ2v) is 4.65. The fourth-order valence-electron chi connectivity index (χ4n) is 2.75. The van der Waals surface area contributed by atoms with Crippen molar-refractivity contribution in [2.24, 2.45) is 0 Å². The summed E-state index contributed by atoms with van der Waals surface area (Å²) in [7, 11) is 1.93. The van der Waals surface area contributed by atoms with Gasteiger partial charge in [-0.2, -0.15) is 0 Å². The van der Waals surface area contributed by atoms with E-state index in [9.17, 15) is 4.79 Å². The lowest BCUT2D eigenvalue weighted by atomic mass is 9.84. The van der Waals surface area contributed by atoms with E-state index in [1.807, 2.05) is 11.9 Å². The molecule has 1 saturated heterocycles. The molecule has 1 spiro atoms. The highest BCUT2D eigenvalue weighted by Gasteiger charge is 2.48. The number of amides is 1. The molecule has 0 atom stereocenters. The number of piperidine rings is 1. The van der Waals surface area contributed by atoms with Crippen LogP contribution in [0.1, 0.15) is 12.8 Å². The number of nitrogen functional groups attached to an aromatic ring is 1. The number of hydrogen-bond donors (Lipinski definition) is 3. The van der Waals surface area contributed by atoms with Crippen LogP contribution in [0.4, 0.5) is 17.3 Å². The van der Waals surface area contributed by atoms with E-state index in [0.717, 1.165) is 31.6 Å². The molecule has 1 amide bonds. The second kappa shape index (κ2) is 3.40. The van der Waals surface area contributed by atoms with Crippen molar-refractivity contribution in [3.05, 3.63) is 6.26 Å². The second-order valence-electron chi connectivity index (χ2n) is 4.65. The van der Waals surface area contributed by atoms with Gasteiger partial charge in [0.15, 0.2) is 0 Å². The maximum atomic E-state index is 12.3. The lowest BCUT2D eigenvalue weighted by molar-refractivity contribution is -0.122. The Balaban J connectivity index is 2.06. The molecule has 4 N–H and O–H groups in total. The molecule has 1 aromatic rings. The van der Waals surface area contributed by atoms with Gasteiger partial charge in [-0.3, -0.25) is 4.79 Å². The first-order chi connectivity index (χ1) is 8.15. The van der Waals surface area contributed by atoms with Crippen LogP contribution < -0.4 is 21.3 Å². The fourth-order valence-corrected chi connectivity index (χ4v) is 2.75. The van der Waals surface area contributed by atoms with Crippen LogP contribution in [0.3, 0.4) is 0 Å². The van der Waals surface area contributed by atoms with Gasteiger partial charge in [-0.05, 0) is 25.9 Å². The minimum absolute atomic E-state index is 0.0158. The van der Waals surface area contributed by atoms with Crippen LogP contribution in [-0.4, -0.2) is 31.6 Å². The summed E-state index contributed by atoms with van der Waals surface area (Å²) in [5.41, 5.74) is 6.68. The summed E-state index contributed by atoms with van der Waals surface area (Å²) < 4.78 is 5.18. The van der Waals surface area contributed by atoms with Gasteiger partial charge in [0.25, 0.3) is 5.91 Å². The zero-order valence-electron chi connectivity index (χ0n) is 9.75. The standard InChI is InChI=1S/C11H16N4O2/c1-15-7-6-17-9(12)8(7)14-10(16)11(15)2-4-13-5-3-11/h6,13H,2-5,12H2,1H3,(H,14,16). The Hall–Kier alpha value is -1.69. The third-order valence-electron chi connectivity index (χ3n) is 3.90. The first kappa shape index (κ1) is 10.5. The zero-order valence-corrected chi connectivity index (χ0v) is 9.75. The maximum Gasteiger partial charge on any atom is 0.250 e. The highest BCUT2D eigenvalue weighted by molar-refractivity contribution is 6.08. The molecule has 0 aliphatic carbocycles. The molecule has 0 bridgehead atoms. The number of carbonyl (C=O) groups is 1. The van der Waals surface area contributed by atoms with Crippen LogP contribution in [0, 0.1) is 0 Å². The minimum Gasteiger partial charge on any atom is -0.445 e. The first-order valence-corrected chi connectivity index (χ1v) is 5.78. The number of nitrogens with two attached hydrogens (primary N) is 1. The summed E-state index contributed by atoms with van der Waals surface area (Å²) in [6, 6.07) is 0. The van der Waals surface area contributed by atoms with E-state index in [1.54, 1.807) is 6.26 Å². The smallest absolute Gasteiger partial charge is 0.250 e. The van der Waals surface area contributed by atoms with E-state index < -0.39 is 5.54 Å². The quantitative estimate of drug-likeness (QED) is 0.606. The van der Waals surface area contributed by atoms with Gasteiger partial charge < -0.3 is 25.7 Å². The van der Waals surface area contributed by atoms with E-state index >= 15 is 0 Å². The summed E-state index contributed by atoms with van der Waals surface area (Å²) >= 11 is 0. The molecule has 0 unspecified atom stereocenters. The van der Waals surface area contributed by atoms with Crippen LogP contribution in [0.15, 0.2) is 10.7 Å². The third-order valence-corrected chi connectivity index (χ3v) is 3.90. The van der Waals surface area contributed by atoms with Crippen LogP contribution in [0.2, 0.25) is 0 Å². The maximum absolute atomic E-state index is 12.3. The van der Waals surface area contributed by atoms with Crippen LogP contribution in [0.5, 0.6) is 0 Å². The number of nitrogens with zero attached hydrogens (tertiary/aromatic N) is 1. The van der Waals surface area contributed by atoms with Gasteiger partial charge >= 0.3 is 0 Å². The summed E-state index contributed by atoms with van der Waals surface area (Å²) in [6.45, 7) is 1.70. The van der Waals surface area contributed by atoms with Gasteiger partial charge in [0.05, 0.1) is 0 Å². The van der Waals surface area contributed by atoms with E-state index in [0.29, 0.717) is 5.69 Å². The van der Waals surface area contributed by atoms with Crippen molar-refractivity contribution in [1.29, 1.82) is 0 Å². The normalized spacial score (nSPS) is 22.4. The Bertz CT molecular complexity index is 462. The van der Waals surface area contributed by atoms with Gasteiger partial charge in [-0.25, -0.2) is 0 Å². The van der Waals surface area contributed by atoms with Crippen LogP contribution >= 0.6 is 0 Å². The van der Waals surface area contributed by atoms with E-state index in [-0.39, 0.29) is 11.8 Å². The Morgan fingerprint density at radius 3 is 2.88 bits per heavy atom. The molecule has 6 heteroatoms. The molecule has 92 valence electrons. The van der Waals surface area contributed by atoms with Gasteiger partial charge in [0.1, 0.15) is 23.2 Å². The van der Waals surface area contributed by atoms with Crippen molar-refractivity contribution < 1.29 is 9.21 Å². The van der Waals surface area contributed by atoms with Crippen LogP contribution in [-0.2, 0) is 4.79 Å². The average molecular weight is 236 g/mol. The Kier molecular flexibility index (Phi) is 2.09. The predicted molar refractivity (Wildman–Crippen MR) is 65.0 cm³/mol. The molecule has 2 aliphatic heterocycles. The number of anilines is 3. The van der Waals surface area contributed by atoms with Crippen molar-refractivity contribution in [1.82, 2.24) is 5.32 Å². The third kappa shape index (κ3) is 1.27. The largest absolute Gasteiger partial charge is 0.445 e. The molecule has 2 aliphatic rings. The molecule has 17 heavy (non-hydrogen) atoms. The van der Waals surface area contributed by atoms with Gasteiger partial charge in [0, 0.05) is 7.05 Å². The summed E-state index contributed by atoms with van der Waals surface area (Å²) in [6.07, 6.45) is 3.19. The Morgan fingerprint density at radius 1 is 1.47 bits per heavy atom. The van der Waals surface area contributed by atoms with Crippen LogP contribution in [0.25, 0.3) is 0 Å². The molecule has 3 rings (SSSR count).